The van der Waals surface area contributed by atoms with Crippen LogP contribution in [0.1, 0.15) is 5.56 Å². The summed E-state index contributed by atoms with van der Waals surface area (Å²) >= 11 is 5.43. The summed E-state index contributed by atoms with van der Waals surface area (Å²) in [6.45, 7) is 0.672. The van der Waals surface area contributed by atoms with E-state index in [9.17, 15) is 9.18 Å². The van der Waals surface area contributed by atoms with Gasteiger partial charge in [0.15, 0.2) is 0 Å². The van der Waals surface area contributed by atoms with E-state index in [1.807, 2.05) is 0 Å². The van der Waals surface area contributed by atoms with Gasteiger partial charge in [-0.3, -0.25) is 4.79 Å². The Morgan fingerprint density at radius 1 is 1.29 bits per heavy atom. The van der Waals surface area contributed by atoms with Gasteiger partial charge in [-0.15, -0.1) is 11.6 Å². The van der Waals surface area contributed by atoms with Gasteiger partial charge in [-0.05, 0) is 18.2 Å². The van der Waals surface area contributed by atoms with Gasteiger partial charge in [0.2, 0.25) is 0 Å². The van der Waals surface area contributed by atoms with E-state index in [1.54, 1.807) is 30.5 Å². The molecule has 0 saturated carbocycles. The van der Waals surface area contributed by atoms with Gasteiger partial charge in [0, 0.05) is 18.3 Å². The molecule has 0 saturated heterocycles. The minimum absolute atomic E-state index is 0.0982. The molecule has 0 N–H and O–H groups in total. The van der Waals surface area contributed by atoms with Crippen molar-refractivity contribution in [3.05, 3.63) is 64.3 Å². The number of pyridine rings is 1. The van der Waals surface area contributed by atoms with Crippen LogP contribution >= 0.6 is 11.6 Å². The Hall–Kier alpha value is -2.25. The molecule has 0 spiro atoms. The smallest absolute Gasteiger partial charge is 0.250 e. The number of hydrogen-bond donors (Lipinski definition) is 0. The summed E-state index contributed by atoms with van der Waals surface area (Å²) in [6.07, 6.45) is 1.68. The Balaban J connectivity index is 1.96. The first kappa shape index (κ1) is 15.1. The molecule has 0 bridgehead atoms. The highest BCUT2D eigenvalue weighted by atomic mass is 35.5. The van der Waals surface area contributed by atoms with Crippen molar-refractivity contribution in [3.63, 3.8) is 0 Å². The number of alkyl halides is 1. The van der Waals surface area contributed by atoms with Crippen LogP contribution in [0.3, 0.4) is 0 Å². The highest BCUT2D eigenvalue weighted by Gasteiger charge is 2.02. The van der Waals surface area contributed by atoms with Crippen LogP contribution in [-0.2, 0) is 6.54 Å². The van der Waals surface area contributed by atoms with Gasteiger partial charge < -0.3 is 9.30 Å². The lowest BCUT2D eigenvalue weighted by atomic mass is 10.2. The van der Waals surface area contributed by atoms with E-state index >= 15 is 0 Å². The van der Waals surface area contributed by atoms with Gasteiger partial charge in [-0.2, -0.15) is 0 Å². The molecular formula is C16H13ClFNO2. The zero-order valence-electron chi connectivity index (χ0n) is 11.2. The molecule has 0 atom stereocenters. The van der Waals surface area contributed by atoms with Crippen LogP contribution in [0.4, 0.5) is 4.39 Å². The quantitative estimate of drug-likeness (QED) is 0.642. The molecule has 0 aliphatic rings. The maximum atomic E-state index is 13.7. The molecule has 0 radical (unpaired) electrons. The van der Waals surface area contributed by atoms with Crippen molar-refractivity contribution < 1.29 is 9.13 Å². The van der Waals surface area contributed by atoms with E-state index in [0.717, 1.165) is 0 Å². The van der Waals surface area contributed by atoms with E-state index < -0.39 is 5.82 Å². The third kappa shape index (κ3) is 4.37. The lowest BCUT2D eigenvalue weighted by molar-refractivity contribution is 0.295. The molecule has 5 heteroatoms. The van der Waals surface area contributed by atoms with Gasteiger partial charge >= 0.3 is 0 Å². The van der Waals surface area contributed by atoms with Crippen LogP contribution < -0.4 is 10.3 Å². The fourth-order valence-corrected chi connectivity index (χ4v) is 1.79. The number of halogens is 2. The second-order valence-corrected chi connectivity index (χ2v) is 4.43. The second-order valence-electron chi connectivity index (χ2n) is 4.16. The van der Waals surface area contributed by atoms with Crippen LogP contribution in [-0.4, -0.2) is 17.1 Å². The maximum Gasteiger partial charge on any atom is 0.250 e. The van der Waals surface area contributed by atoms with Gasteiger partial charge in [0.25, 0.3) is 5.56 Å². The van der Waals surface area contributed by atoms with Crippen molar-refractivity contribution in [2.24, 2.45) is 0 Å². The SMILES string of the molecule is O=c1ccccn1CCOc1ccc(C#CCCl)c(F)c1. The molecule has 1 aromatic carbocycles. The molecule has 0 amide bonds. The molecular weight excluding hydrogens is 293 g/mol. The Morgan fingerprint density at radius 2 is 2.14 bits per heavy atom. The van der Waals surface area contributed by atoms with Gasteiger partial charge in [0.1, 0.15) is 18.2 Å². The Labute approximate surface area is 126 Å². The monoisotopic (exact) mass is 305 g/mol. The van der Waals surface area contributed by atoms with E-state index in [2.05, 4.69) is 11.8 Å². The Morgan fingerprint density at radius 3 is 2.86 bits per heavy atom. The van der Waals surface area contributed by atoms with Crippen LogP contribution in [0.15, 0.2) is 47.4 Å². The number of benzene rings is 1. The number of nitrogens with zero attached hydrogens (tertiary/aromatic N) is 1. The first-order valence-corrected chi connectivity index (χ1v) is 6.87. The van der Waals surface area contributed by atoms with Crippen molar-refractivity contribution in [1.29, 1.82) is 0 Å². The molecule has 0 fully saturated rings. The predicted molar refractivity (Wildman–Crippen MR) is 80.2 cm³/mol. The van der Waals surface area contributed by atoms with E-state index in [-0.39, 0.29) is 23.6 Å². The molecule has 0 unspecified atom stereocenters. The average Bonchev–Trinajstić information content (AvgIpc) is 2.48. The van der Waals surface area contributed by atoms with E-state index in [4.69, 9.17) is 16.3 Å². The third-order valence-electron chi connectivity index (χ3n) is 2.73. The lowest BCUT2D eigenvalue weighted by Crippen LogP contribution is -2.21. The second kappa shape index (κ2) is 7.51. The largest absolute Gasteiger partial charge is 0.492 e. The minimum Gasteiger partial charge on any atom is -0.492 e. The molecule has 1 heterocycles. The summed E-state index contributed by atoms with van der Waals surface area (Å²) in [6, 6.07) is 9.37. The standard InChI is InChI=1S/C16H13ClFNO2/c17-8-3-4-13-6-7-14(12-15(13)18)21-11-10-19-9-2-1-5-16(19)20/h1-2,5-7,9,12H,8,10-11H2. The van der Waals surface area contributed by atoms with Crippen LogP contribution in [0.2, 0.25) is 0 Å². The number of hydrogen-bond acceptors (Lipinski definition) is 2. The summed E-state index contributed by atoms with van der Waals surface area (Å²) in [5.74, 6) is 5.31. The zero-order chi connectivity index (χ0) is 15.1. The molecule has 2 aromatic rings. The van der Waals surface area contributed by atoms with Crippen molar-refractivity contribution >= 4 is 11.6 Å². The Kier molecular flexibility index (Phi) is 5.42. The Bertz CT molecular complexity index is 731. The van der Waals surface area contributed by atoms with Crippen LogP contribution in [0, 0.1) is 17.7 Å². The first-order chi connectivity index (χ1) is 10.2. The summed E-state index contributed by atoms with van der Waals surface area (Å²) in [7, 11) is 0. The van der Waals surface area contributed by atoms with Crippen molar-refractivity contribution in [2.45, 2.75) is 6.54 Å². The number of aromatic nitrogens is 1. The molecule has 0 aliphatic carbocycles. The van der Waals surface area contributed by atoms with Crippen LogP contribution in [0.5, 0.6) is 5.75 Å². The lowest BCUT2D eigenvalue weighted by Gasteiger charge is -2.08. The van der Waals surface area contributed by atoms with Gasteiger partial charge in [-0.25, -0.2) is 4.39 Å². The number of rotatable bonds is 4. The van der Waals surface area contributed by atoms with Gasteiger partial charge in [-0.1, -0.05) is 17.9 Å². The molecule has 0 aliphatic heterocycles. The predicted octanol–water partition coefficient (Wildman–Crippen LogP) is 2.66. The number of ether oxygens (including phenoxy) is 1. The molecule has 108 valence electrons. The van der Waals surface area contributed by atoms with Crippen molar-refractivity contribution in [2.75, 3.05) is 12.5 Å². The van der Waals surface area contributed by atoms with Crippen molar-refractivity contribution in [3.8, 4) is 17.6 Å². The molecule has 1 aromatic heterocycles. The fourth-order valence-electron chi connectivity index (χ4n) is 1.72. The highest BCUT2D eigenvalue weighted by molar-refractivity contribution is 6.19. The van der Waals surface area contributed by atoms with E-state index in [1.165, 1.54) is 16.7 Å². The van der Waals surface area contributed by atoms with E-state index in [0.29, 0.717) is 12.3 Å². The average molecular weight is 306 g/mol. The highest BCUT2D eigenvalue weighted by Crippen LogP contribution is 2.16. The molecule has 2 rings (SSSR count). The normalized spacial score (nSPS) is 9.81. The topological polar surface area (TPSA) is 31.2 Å². The summed E-state index contributed by atoms with van der Waals surface area (Å²) in [5, 5.41) is 0. The molecule has 3 nitrogen and oxygen atoms in total. The third-order valence-corrected chi connectivity index (χ3v) is 2.86. The van der Waals surface area contributed by atoms with Crippen molar-refractivity contribution in [1.82, 2.24) is 4.57 Å². The van der Waals surface area contributed by atoms with Gasteiger partial charge in [0.05, 0.1) is 18.0 Å². The fraction of sp³-hybridized carbons (Fsp3) is 0.188. The summed E-state index contributed by atoms with van der Waals surface area (Å²) in [4.78, 5) is 11.5. The molecule has 21 heavy (non-hydrogen) atoms. The zero-order valence-corrected chi connectivity index (χ0v) is 11.9. The summed E-state index contributed by atoms with van der Waals surface area (Å²) < 4.78 is 20.7. The van der Waals surface area contributed by atoms with Crippen LogP contribution in [0.25, 0.3) is 0 Å². The maximum absolute atomic E-state index is 13.7. The first-order valence-electron chi connectivity index (χ1n) is 6.33. The minimum atomic E-state index is -0.456. The summed E-state index contributed by atoms with van der Waals surface area (Å²) in [5.41, 5.74) is 0.182.